The van der Waals surface area contributed by atoms with Crippen LogP contribution in [0.1, 0.15) is 22.3 Å². The highest BCUT2D eigenvalue weighted by molar-refractivity contribution is 9.11. The van der Waals surface area contributed by atoms with Gasteiger partial charge in [0.25, 0.3) is 5.91 Å². The highest BCUT2D eigenvalue weighted by atomic mass is 79.9. The number of thiophene rings is 2. The average molecular weight is 479 g/mol. The van der Waals surface area contributed by atoms with E-state index in [1.54, 1.807) is 6.92 Å². The molecule has 0 aliphatic carbocycles. The van der Waals surface area contributed by atoms with E-state index in [-0.39, 0.29) is 17.3 Å². The van der Waals surface area contributed by atoms with Gasteiger partial charge >= 0.3 is 0 Å². The van der Waals surface area contributed by atoms with E-state index in [0.717, 1.165) is 13.5 Å². The van der Waals surface area contributed by atoms with Gasteiger partial charge in [-0.2, -0.15) is 9.78 Å². The summed E-state index contributed by atoms with van der Waals surface area (Å²) in [6, 6.07) is 7.50. The van der Waals surface area contributed by atoms with Gasteiger partial charge in [0.1, 0.15) is 5.69 Å². The molecule has 0 saturated heterocycles. The molecule has 0 fully saturated rings. The van der Waals surface area contributed by atoms with E-state index in [9.17, 15) is 4.79 Å². The SMILES string of the molecule is CC(=NNC(=O)c1nnn(-c2nonc2N)c1-c1cccs1)c1ccc(Br)s1. The van der Waals surface area contributed by atoms with Gasteiger partial charge in [0.2, 0.25) is 11.6 Å². The summed E-state index contributed by atoms with van der Waals surface area (Å²) in [6.07, 6.45) is 0. The Labute approximate surface area is 174 Å². The molecule has 0 unspecified atom stereocenters. The minimum absolute atomic E-state index is 0.0341. The lowest BCUT2D eigenvalue weighted by atomic mass is 10.2. The standard InChI is InChI=1S/C15H11BrN8O2S2/c1-7(8-4-5-10(16)28-8)18-20-15(25)11-12(9-3-2-6-27-9)24(23-19-11)14-13(17)21-26-22-14/h2-6H,1H3,(H2,17,21)(H,20,25). The van der Waals surface area contributed by atoms with E-state index in [2.05, 4.69) is 51.7 Å². The van der Waals surface area contributed by atoms with Gasteiger partial charge in [0.15, 0.2) is 5.69 Å². The van der Waals surface area contributed by atoms with Crippen LogP contribution in [0.5, 0.6) is 0 Å². The van der Waals surface area contributed by atoms with Crippen LogP contribution in [0.25, 0.3) is 16.4 Å². The number of hydrogen-bond donors (Lipinski definition) is 2. The quantitative estimate of drug-likeness (QED) is 0.332. The number of rotatable bonds is 5. The van der Waals surface area contributed by atoms with E-state index in [4.69, 9.17) is 5.73 Å². The maximum atomic E-state index is 12.7. The van der Waals surface area contributed by atoms with Gasteiger partial charge in [-0.1, -0.05) is 11.3 Å². The lowest BCUT2D eigenvalue weighted by molar-refractivity contribution is 0.0950. The van der Waals surface area contributed by atoms with Crippen molar-refractivity contribution in [3.8, 4) is 16.4 Å². The van der Waals surface area contributed by atoms with Crippen molar-refractivity contribution in [1.82, 2.24) is 30.7 Å². The first kappa shape index (κ1) is 18.5. The van der Waals surface area contributed by atoms with Crippen molar-refractivity contribution >= 4 is 56.0 Å². The minimum atomic E-state index is -0.514. The van der Waals surface area contributed by atoms with Crippen molar-refractivity contribution in [3.05, 3.63) is 44.0 Å². The Bertz CT molecular complexity index is 1160. The fourth-order valence-corrected chi connectivity index (χ4v) is 4.39. The van der Waals surface area contributed by atoms with Crippen LogP contribution in [-0.2, 0) is 0 Å². The lowest BCUT2D eigenvalue weighted by Crippen LogP contribution is -2.20. The molecule has 0 aliphatic heterocycles. The summed E-state index contributed by atoms with van der Waals surface area (Å²) in [6.45, 7) is 1.80. The first-order chi connectivity index (χ1) is 13.5. The summed E-state index contributed by atoms with van der Waals surface area (Å²) >= 11 is 6.33. The number of amides is 1. The number of anilines is 1. The zero-order valence-corrected chi connectivity index (χ0v) is 17.4. The van der Waals surface area contributed by atoms with Crippen molar-refractivity contribution in [2.24, 2.45) is 5.10 Å². The Morgan fingerprint density at radius 1 is 1.36 bits per heavy atom. The minimum Gasteiger partial charge on any atom is -0.378 e. The van der Waals surface area contributed by atoms with Crippen molar-refractivity contribution in [1.29, 1.82) is 0 Å². The van der Waals surface area contributed by atoms with Crippen LogP contribution in [0, 0.1) is 0 Å². The number of nitrogens with two attached hydrogens (primary N) is 1. The van der Waals surface area contributed by atoms with Crippen LogP contribution in [0.2, 0.25) is 0 Å². The summed E-state index contributed by atoms with van der Waals surface area (Å²) in [5.41, 5.74) is 9.45. The Morgan fingerprint density at radius 2 is 2.21 bits per heavy atom. The number of aromatic nitrogens is 5. The van der Waals surface area contributed by atoms with E-state index in [1.807, 2.05) is 29.6 Å². The third-order valence-electron chi connectivity index (χ3n) is 3.59. The number of nitrogens with zero attached hydrogens (tertiary/aromatic N) is 6. The second-order valence-corrected chi connectivity index (χ2v) is 8.80. The number of hydrazone groups is 1. The molecule has 28 heavy (non-hydrogen) atoms. The first-order valence-corrected chi connectivity index (χ1v) is 10.2. The molecule has 0 radical (unpaired) electrons. The summed E-state index contributed by atoms with van der Waals surface area (Å²) in [4.78, 5) is 14.4. The Kier molecular flexibility index (Phi) is 5.02. The van der Waals surface area contributed by atoms with Crippen molar-refractivity contribution < 1.29 is 9.42 Å². The second-order valence-electron chi connectivity index (χ2n) is 5.39. The predicted molar refractivity (Wildman–Crippen MR) is 109 cm³/mol. The Morgan fingerprint density at radius 3 is 2.86 bits per heavy atom. The highest BCUT2D eigenvalue weighted by Gasteiger charge is 2.25. The van der Waals surface area contributed by atoms with Crippen LogP contribution >= 0.6 is 38.6 Å². The topological polar surface area (TPSA) is 137 Å². The number of carbonyl (C=O) groups is 1. The van der Waals surface area contributed by atoms with Crippen LogP contribution in [-0.4, -0.2) is 36.9 Å². The van der Waals surface area contributed by atoms with Gasteiger partial charge in [0.05, 0.1) is 19.3 Å². The normalized spacial score (nSPS) is 11.7. The Balaban J connectivity index is 1.69. The molecule has 0 atom stereocenters. The average Bonchev–Trinajstić information content (AvgIpc) is 3.44. The number of nitrogen functional groups attached to an aromatic ring is 1. The van der Waals surface area contributed by atoms with Crippen LogP contribution < -0.4 is 11.2 Å². The highest BCUT2D eigenvalue weighted by Crippen LogP contribution is 2.30. The first-order valence-electron chi connectivity index (χ1n) is 7.73. The summed E-state index contributed by atoms with van der Waals surface area (Å²) in [5.74, 6) is -0.329. The van der Waals surface area contributed by atoms with E-state index in [1.165, 1.54) is 27.4 Å². The van der Waals surface area contributed by atoms with Crippen molar-refractivity contribution in [2.45, 2.75) is 6.92 Å². The van der Waals surface area contributed by atoms with Crippen LogP contribution in [0.15, 0.2) is 43.2 Å². The molecule has 4 heterocycles. The fraction of sp³-hybridized carbons (Fsp3) is 0.0667. The molecule has 3 N–H and O–H groups in total. The molecule has 0 aliphatic rings. The third kappa shape index (κ3) is 3.46. The molecule has 0 spiro atoms. The van der Waals surface area contributed by atoms with Gasteiger partial charge in [-0.3, -0.25) is 4.79 Å². The lowest BCUT2D eigenvalue weighted by Gasteiger charge is -2.03. The summed E-state index contributed by atoms with van der Waals surface area (Å²) in [5, 5.41) is 21.3. The maximum Gasteiger partial charge on any atom is 0.294 e. The van der Waals surface area contributed by atoms with Gasteiger partial charge in [-0.05, 0) is 56.7 Å². The number of hydrogen-bond acceptors (Lipinski definition) is 10. The van der Waals surface area contributed by atoms with Crippen LogP contribution in [0.3, 0.4) is 0 Å². The second kappa shape index (κ2) is 7.61. The van der Waals surface area contributed by atoms with E-state index < -0.39 is 5.91 Å². The molecule has 0 bridgehead atoms. The molecule has 142 valence electrons. The molecule has 4 aromatic heterocycles. The molecule has 10 nitrogen and oxygen atoms in total. The third-order valence-corrected chi connectivity index (χ3v) is 6.20. The van der Waals surface area contributed by atoms with Crippen molar-refractivity contribution in [3.63, 3.8) is 0 Å². The molecule has 13 heteroatoms. The molecule has 0 saturated carbocycles. The molecule has 4 aromatic rings. The van der Waals surface area contributed by atoms with Crippen molar-refractivity contribution in [2.75, 3.05) is 5.73 Å². The number of halogens is 1. The summed E-state index contributed by atoms with van der Waals surface area (Å²) < 4.78 is 6.93. The van der Waals surface area contributed by atoms with E-state index in [0.29, 0.717) is 11.4 Å². The zero-order chi connectivity index (χ0) is 19.7. The molecule has 0 aromatic carbocycles. The zero-order valence-electron chi connectivity index (χ0n) is 14.2. The smallest absolute Gasteiger partial charge is 0.294 e. The van der Waals surface area contributed by atoms with E-state index >= 15 is 0 Å². The van der Waals surface area contributed by atoms with Gasteiger partial charge in [-0.15, -0.1) is 27.8 Å². The molecular formula is C15H11BrN8O2S2. The van der Waals surface area contributed by atoms with Gasteiger partial charge in [-0.25, -0.2) is 10.1 Å². The monoisotopic (exact) mass is 478 g/mol. The van der Waals surface area contributed by atoms with Gasteiger partial charge < -0.3 is 5.73 Å². The Hall–Kier alpha value is -2.90. The summed E-state index contributed by atoms with van der Waals surface area (Å²) in [7, 11) is 0. The predicted octanol–water partition coefficient (Wildman–Crippen LogP) is 2.94. The van der Waals surface area contributed by atoms with Crippen LogP contribution in [0.4, 0.5) is 5.82 Å². The molecule has 4 rings (SSSR count). The fourth-order valence-electron chi connectivity index (χ4n) is 2.31. The number of carbonyl (C=O) groups excluding carboxylic acids is 1. The molecular weight excluding hydrogens is 468 g/mol. The number of nitrogens with one attached hydrogen (secondary N) is 1. The molecule has 1 amide bonds. The van der Waals surface area contributed by atoms with Gasteiger partial charge in [0, 0.05) is 0 Å². The largest absolute Gasteiger partial charge is 0.378 e. The maximum absolute atomic E-state index is 12.7.